The molecule has 1 aromatic rings. The van der Waals surface area contributed by atoms with E-state index in [9.17, 15) is 9.59 Å². The summed E-state index contributed by atoms with van der Waals surface area (Å²) in [6.45, 7) is 4.78. The minimum Gasteiger partial charge on any atom is -0.480 e. The van der Waals surface area contributed by atoms with E-state index in [0.717, 1.165) is 13.0 Å². The number of aliphatic carboxylic acids is 2. The Morgan fingerprint density at radius 3 is 2.52 bits per heavy atom. The van der Waals surface area contributed by atoms with E-state index in [1.807, 2.05) is 13.8 Å². The van der Waals surface area contributed by atoms with Crippen LogP contribution in [0.25, 0.3) is 0 Å². The summed E-state index contributed by atoms with van der Waals surface area (Å²) in [5.41, 5.74) is 5.84. The van der Waals surface area contributed by atoms with Crippen LogP contribution in [0.4, 0.5) is 0 Å². The van der Waals surface area contributed by atoms with Gasteiger partial charge in [-0.3, -0.25) is 9.59 Å². The first-order chi connectivity index (χ1) is 9.74. The van der Waals surface area contributed by atoms with Crippen LogP contribution in [-0.4, -0.2) is 50.7 Å². The van der Waals surface area contributed by atoms with Crippen LogP contribution in [0.2, 0.25) is 0 Å². The molecule has 2 rings (SSSR count). The summed E-state index contributed by atoms with van der Waals surface area (Å²) in [6, 6.07) is -1.22. The average molecular weight is 298 g/mol. The van der Waals surface area contributed by atoms with Crippen molar-refractivity contribution in [3.05, 3.63) is 18.2 Å². The molecule has 8 heteroatoms. The summed E-state index contributed by atoms with van der Waals surface area (Å²) >= 11 is 0. The lowest BCUT2D eigenvalue weighted by Gasteiger charge is -2.21. The fourth-order valence-corrected chi connectivity index (χ4v) is 2.10. The molecule has 1 aliphatic heterocycles. The highest BCUT2D eigenvalue weighted by atomic mass is 16.4. The molecule has 1 aliphatic rings. The van der Waals surface area contributed by atoms with Gasteiger partial charge in [-0.25, -0.2) is 4.98 Å². The van der Waals surface area contributed by atoms with Crippen molar-refractivity contribution < 1.29 is 19.8 Å². The van der Waals surface area contributed by atoms with Crippen LogP contribution in [0, 0.1) is 5.41 Å². The number of H-pyrrole nitrogens is 1. The van der Waals surface area contributed by atoms with Crippen LogP contribution in [0.3, 0.4) is 0 Å². The van der Waals surface area contributed by atoms with Gasteiger partial charge in [-0.15, -0.1) is 0 Å². The molecule has 8 nitrogen and oxygen atoms in total. The monoisotopic (exact) mass is 298 g/mol. The minimum atomic E-state index is -1.01. The van der Waals surface area contributed by atoms with E-state index in [0.29, 0.717) is 5.69 Å². The highest BCUT2D eigenvalue weighted by Gasteiger charge is 2.38. The van der Waals surface area contributed by atoms with Crippen LogP contribution in [0.15, 0.2) is 12.5 Å². The fourth-order valence-electron chi connectivity index (χ4n) is 2.10. The van der Waals surface area contributed by atoms with Crippen molar-refractivity contribution in [2.75, 3.05) is 6.54 Å². The smallest absolute Gasteiger partial charge is 0.321 e. The van der Waals surface area contributed by atoms with Crippen molar-refractivity contribution >= 4 is 11.9 Å². The average Bonchev–Trinajstić information content (AvgIpc) is 2.98. The Kier molecular flexibility index (Phi) is 5.86. The van der Waals surface area contributed by atoms with Crippen molar-refractivity contribution in [3.63, 3.8) is 0 Å². The number of nitrogens with zero attached hydrogens (tertiary/aromatic N) is 1. The van der Waals surface area contributed by atoms with Gasteiger partial charge in [0.05, 0.1) is 12.0 Å². The number of aromatic amines is 1. The fraction of sp³-hybridized carbons (Fsp3) is 0.615. The molecule has 0 bridgehead atoms. The number of carboxylic acid groups (broad SMARTS) is 2. The molecule has 0 aliphatic carbocycles. The third-order valence-electron chi connectivity index (χ3n) is 3.45. The number of carbonyl (C=O) groups is 2. The van der Waals surface area contributed by atoms with Gasteiger partial charge in [-0.2, -0.15) is 0 Å². The zero-order chi connectivity index (χ0) is 16.0. The summed E-state index contributed by atoms with van der Waals surface area (Å²) < 4.78 is 0. The van der Waals surface area contributed by atoms with E-state index in [4.69, 9.17) is 15.9 Å². The Morgan fingerprint density at radius 1 is 1.52 bits per heavy atom. The van der Waals surface area contributed by atoms with Crippen molar-refractivity contribution in [2.24, 2.45) is 11.1 Å². The molecule has 0 aromatic carbocycles. The highest BCUT2D eigenvalue weighted by Crippen LogP contribution is 2.29. The molecular weight excluding hydrogens is 276 g/mol. The van der Waals surface area contributed by atoms with Gasteiger partial charge in [-0.05, 0) is 18.4 Å². The molecule has 0 amide bonds. The molecule has 0 spiro atoms. The normalized spacial score (nSPS) is 21.2. The Balaban J connectivity index is 0.000000211. The first-order valence-electron chi connectivity index (χ1n) is 6.66. The number of hydrogen-bond donors (Lipinski definition) is 5. The van der Waals surface area contributed by atoms with E-state index >= 15 is 0 Å². The summed E-state index contributed by atoms with van der Waals surface area (Å²) in [7, 11) is 0. The molecule has 1 saturated heterocycles. The number of carboxylic acids is 2. The molecule has 21 heavy (non-hydrogen) atoms. The third-order valence-corrected chi connectivity index (χ3v) is 3.45. The second-order valence-electron chi connectivity index (χ2n) is 5.67. The number of imidazole rings is 1. The lowest BCUT2D eigenvalue weighted by atomic mass is 9.85. The maximum Gasteiger partial charge on any atom is 0.321 e. The van der Waals surface area contributed by atoms with Gasteiger partial charge in [0.25, 0.3) is 0 Å². The molecule has 1 unspecified atom stereocenters. The van der Waals surface area contributed by atoms with Crippen LogP contribution in [0.5, 0.6) is 0 Å². The minimum absolute atomic E-state index is 0.0775. The molecule has 0 radical (unpaired) electrons. The zero-order valence-electron chi connectivity index (χ0n) is 12.2. The Hall–Kier alpha value is -1.93. The van der Waals surface area contributed by atoms with Gasteiger partial charge in [0.15, 0.2) is 0 Å². The van der Waals surface area contributed by atoms with E-state index in [2.05, 4.69) is 15.3 Å². The SMILES string of the molecule is CC1(C)CCN[C@@H]1C(=O)O.NC(Cc1c[nH]cn1)C(=O)O. The number of aromatic nitrogens is 2. The largest absolute Gasteiger partial charge is 0.480 e. The number of nitrogens with one attached hydrogen (secondary N) is 2. The summed E-state index contributed by atoms with van der Waals surface area (Å²) in [6.07, 6.45) is 4.33. The van der Waals surface area contributed by atoms with E-state index in [1.165, 1.54) is 6.33 Å². The predicted octanol–water partition coefficient (Wildman–Crippen LogP) is -0.177. The van der Waals surface area contributed by atoms with Gasteiger partial charge < -0.3 is 26.2 Å². The van der Waals surface area contributed by atoms with Crippen LogP contribution < -0.4 is 11.1 Å². The van der Waals surface area contributed by atoms with Crippen molar-refractivity contribution in [1.82, 2.24) is 15.3 Å². The van der Waals surface area contributed by atoms with E-state index in [1.54, 1.807) is 6.20 Å². The number of rotatable bonds is 4. The van der Waals surface area contributed by atoms with Gasteiger partial charge >= 0.3 is 11.9 Å². The Labute approximate surface area is 122 Å². The van der Waals surface area contributed by atoms with Gasteiger partial charge in [0.1, 0.15) is 12.1 Å². The van der Waals surface area contributed by atoms with Crippen LogP contribution in [0.1, 0.15) is 26.0 Å². The summed E-state index contributed by atoms with van der Waals surface area (Å²) in [4.78, 5) is 27.4. The summed E-state index contributed by atoms with van der Waals surface area (Å²) in [5.74, 6) is -1.74. The standard InChI is InChI=1S/C7H13NO2.C6H9N3O2/c1-7(2)3-4-8-5(7)6(9)10;7-5(6(10)11)1-4-2-8-3-9-4/h5,8H,3-4H2,1-2H3,(H,9,10);2-3,5H,1,7H2,(H,8,9)(H,10,11)/t5-;/m1./s1. The van der Waals surface area contributed by atoms with Crippen molar-refractivity contribution in [3.8, 4) is 0 Å². The quantitative estimate of drug-likeness (QED) is 0.519. The number of nitrogens with two attached hydrogens (primary N) is 1. The van der Waals surface area contributed by atoms with Gasteiger partial charge in [0.2, 0.25) is 0 Å². The van der Waals surface area contributed by atoms with Crippen LogP contribution in [-0.2, 0) is 16.0 Å². The molecule has 1 fully saturated rings. The zero-order valence-corrected chi connectivity index (χ0v) is 12.2. The molecule has 2 heterocycles. The van der Waals surface area contributed by atoms with Gasteiger partial charge in [0, 0.05) is 12.6 Å². The molecular formula is C13H22N4O4. The second-order valence-corrected chi connectivity index (χ2v) is 5.67. The van der Waals surface area contributed by atoms with Crippen molar-refractivity contribution in [2.45, 2.75) is 38.8 Å². The highest BCUT2D eigenvalue weighted by molar-refractivity contribution is 5.75. The second kappa shape index (κ2) is 7.19. The lowest BCUT2D eigenvalue weighted by molar-refractivity contribution is -0.141. The molecule has 118 valence electrons. The molecule has 6 N–H and O–H groups in total. The summed E-state index contributed by atoms with van der Waals surface area (Å²) in [5, 5.41) is 20.1. The Morgan fingerprint density at radius 2 is 2.19 bits per heavy atom. The Bertz CT molecular complexity index is 473. The van der Waals surface area contributed by atoms with E-state index in [-0.39, 0.29) is 17.9 Å². The first kappa shape index (κ1) is 17.1. The lowest BCUT2D eigenvalue weighted by Crippen LogP contribution is -2.39. The van der Waals surface area contributed by atoms with Gasteiger partial charge in [-0.1, -0.05) is 13.8 Å². The maximum atomic E-state index is 10.6. The topological polar surface area (TPSA) is 141 Å². The predicted molar refractivity (Wildman–Crippen MR) is 75.7 cm³/mol. The molecule has 1 aromatic heterocycles. The van der Waals surface area contributed by atoms with Crippen molar-refractivity contribution in [1.29, 1.82) is 0 Å². The third kappa shape index (κ3) is 5.16. The molecule has 2 atom stereocenters. The maximum absolute atomic E-state index is 10.6. The number of hydrogen-bond acceptors (Lipinski definition) is 5. The first-order valence-corrected chi connectivity index (χ1v) is 6.66. The van der Waals surface area contributed by atoms with E-state index < -0.39 is 18.0 Å². The molecule has 0 saturated carbocycles. The van der Waals surface area contributed by atoms with Crippen LogP contribution >= 0.6 is 0 Å².